The topological polar surface area (TPSA) is 68.3 Å². The number of hydrogen-bond donors (Lipinski definition) is 0. The highest BCUT2D eigenvalue weighted by Gasteiger charge is 2.62. The first-order valence-corrected chi connectivity index (χ1v) is 16.5. The lowest BCUT2D eigenvalue weighted by Crippen LogP contribution is -2.39. The van der Waals surface area contributed by atoms with Gasteiger partial charge in [-0.15, -0.1) is 0 Å². The third-order valence-electron chi connectivity index (χ3n) is 12.1. The van der Waals surface area contributed by atoms with Crippen LogP contribution >= 0.6 is 0 Å². The molecule has 0 aromatic heterocycles. The second kappa shape index (κ2) is 8.10. The summed E-state index contributed by atoms with van der Waals surface area (Å²) in [4.78, 5) is 55.8. The third-order valence-corrected chi connectivity index (χ3v) is 12.1. The molecule has 9 aliphatic rings. The largest absolute Gasteiger partial charge is 0.289 e. The number of hydrogen-bond acceptors (Lipinski definition) is 4. The van der Waals surface area contributed by atoms with Gasteiger partial charge in [0.05, 0.1) is 0 Å². The zero-order valence-corrected chi connectivity index (χ0v) is 25.3. The van der Waals surface area contributed by atoms with Gasteiger partial charge < -0.3 is 0 Å². The number of carbonyl (C=O) groups excluding carboxylic acids is 4. The molecule has 0 fully saturated rings. The van der Waals surface area contributed by atoms with Crippen molar-refractivity contribution in [2.24, 2.45) is 0 Å². The summed E-state index contributed by atoms with van der Waals surface area (Å²) in [7, 11) is 0. The van der Waals surface area contributed by atoms with Crippen LogP contribution in [0.25, 0.3) is 11.1 Å². The first kappa shape index (κ1) is 25.1. The van der Waals surface area contributed by atoms with E-state index in [9.17, 15) is 19.2 Å². The molecule has 6 aromatic carbocycles. The van der Waals surface area contributed by atoms with E-state index in [0.29, 0.717) is 44.5 Å². The van der Waals surface area contributed by atoms with Crippen LogP contribution in [0, 0.1) is 0 Å². The van der Waals surface area contributed by atoms with Crippen LogP contribution in [-0.2, 0) is 0 Å². The molecule has 9 bridgehead atoms. The van der Waals surface area contributed by atoms with Crippen molar-refractivity contribution in [3.63, 3.8) is 0 Å². The van der Waals surface area contributed by atoms with Crippen molar-refractivity contribution in [1.29, 1.82) is 0 Å². The zero-order valence-electron chi connectivity index (χ0n) is 25.3. The molecule has 0 spiro atoms. The van der Waals surface area contributed by atoms with Gasteiger partial charge >= 0.3 is 0 Å². The number of ketones is 4. The van der Waals surface area contributed by atoms with Crippen molar-refractivity contribution in [2.75, 3.05) is 0 Å². The quantitative estimate of drug-likeness (QED) is 0.197. The summed E-state index contributed by atoms with van der Waals surface area (Å²) in [5.74, 6) is -0.315. The van der Waals surface area contributed by atoms with Gasteiger partial charge in [0, 0.05) is 68.2 Å². The Kier molecular flexibility index (Phi) is 4.24. The van der Waals surface area contributed by atoms with E-state index in [1.54, 1.807) is 36.4 Å². The lowest BCUT2D eigenvalue weighted by Gasteiger charge is -2.53. The highest BCUT2D eigenvalue weighted by Crippen LogP contribution is 2.77. The van der Waals surface area contributed by atoms with Gasteiger partial charge in [0.1, 0.15) is 0 Å². The van der Waals surface area contributed by atoms with Crippen molar-refractivity contribution >= 4 is 23.1 Å². The third kappa shape index (κ3) is 2.57. The molecule has 4 heteroatoms. The molecule has 15 rings (SSSR count). The summed E-state index contributed by atoms with van der Waals surface area (Å²) in [6.45, 7) is 0. The standard InChI is InChI=1S/C44H22O4/c45-41-21-7-1-3-9-23(21)43(47)31-25(11-5-13-27(31)41)33-29-19-15-17-20(18-16-19)30-35(33)39-37(29)40-36(30)34(38(39)40)26-12-6-14-28-32(26)44(48)24-10-4-2-8-22(24)42(28)46/h1-18,29,33-34,38H. The van der Waals surface area contributed by atoms with Crippen LogP contribution in [0.4, 0.5) is 0 Å². The lowest BCUT2D eigenvalue weighted by atomic mass is 9.49. The average Bonchev–Trinajstić information content (AvgIpc) is 3.41. The molecule has 6 aromatic rings. The fourth-order valence-corrected chi connectivity index (χ4v) is 10.4. The molecule has 0 N–H and O–H groups in total. The summed E-state index contributed by atoms with van der Waals surface area (Å²) in [5.41, 5.74) is 15.9. The molecule has 222 valence electrons. The Labute approximate surface area is 274 Å². The molecule has 4 atom stereocenters. The summed E-state index contributed by atoms with van der Waals surface area (Å²) in [6, 6.07) is 34.7. The molecule has 0 saturated heterocycles. The second-order valence-electron chi connectivity index (χ2n) is 13.9. The van der Waals surface area contributed by atoms with Gasteiger partial charge in [-0.1, -0.05) is 109 Å². The Morgan fingerprint density at radius 2 is 0.729 bits per heavy atom. The Hall–Kier alpha value is -6.00. The Balaban J connectivity index is 1.09. The van der Waals surface area contributed by atoms with Crippen LogP contribution in [-0.4, -0.2) is 23.1 Å². The van der Waals surface area contributed by atoms with E-state index in [2.05, 4.69) is 30.3 Å². The molecule has 0 amide bonds. The zero-order chi connectivity index (χ0) is 31.7. The van der Waals surface area contributed by atoms with E-state index in [0.717, 1.165) is 16.7 Å². The second-order valence-corrected chi connectivity index (χ2v) is 13.9. The number of rotatable bonds is 2. The van der Waals surface area contributed by atoms with Crippen molar-refractivity contribution in [2.45, 2.75) is 23.7 Å². The van der Waals surface area contributed by atoms with E-state index < -0.39 is 0 Å². The normalized spacial score (nSPS) is 21.9. The van der Waals surface area contributed by atoms with E-state index >= 15 is 0 Å². The summed E-state index contributed by atoms with van der Waals surface area (Å²) >= 11 is 0. The van der Waals surface area contributed by atoms with Crippen LogP contribution < -0.4 is 0 Å². The Morgan fingerprint density at radius 1 is 0.312 bits per heavy atom. The van der Waals surface area contributed by atoms with Crippen molar-refractivity contribution < 1.29 is 19.2 Å². The maximum absolute atomic E-state index is 14.2. The Bertz CT molecular complexity index is 2660. The highest BCUT2D eigenvalue weighted by atomic mass is 16.1. The predicted octanol–water partition coefficient (Wildman–Crippen LogP) is 8.09. The van der Waals surface area contributed by atoms with Crippen molar-refractivity contribution in [1.82, 2.24) is 0 Å². The van der Waals surface area contributed by atoms with Crippen molar-refractivity contribution in [3.05, 3.63) is 198 Å². The predicted molar refractivity (Wildman–Crippen MR) is 179 cm³/mol. The fraction of sp³-hybridized carbons (Fsp3) is 0.0909. The van der Waals surface area contributed by atoms with E-state index in [-0.39, 0.29) is 46.8 Å². The van der Waals surface area contributed by atoms with Crippen LogP contribution in [0.2, 0.25) is 0 Å². The maximum Gasteiger partial charge on any atom is 0.194 e. The highest BCUT2D eigenvalue weighted by molar-refractivity contribution is 6.30. The van der Waals surface area contributed by atoms with Crippen LogP contribution in [0.3, 0.4) is 0 Å². The lowest BCUT2D eigenvalue weighted by molar-refractivity contribution is 0.0978. The van der Waals surface area contributed by atoms with E-state index in [1.165, 1.54) is 38.9 Å². The van der Waals surface area contributed by atoms with E-state index in [1.807, 2.05) is 42.5 Å². The molecule has 0 heterocycles. The Morgan fingerprint density at radius 3 is 1.23 bits per heavy atom. The minimum atomic E-state index is -0.102. The number of fused-ring (bicyclic) bond motifs is 6. The number of benzene rings is 6. The minimum absolute atomic E-state index is 0.0231. The SMILES string of the molecule is O=C1c2ccccc2C(=O)c2c1cccc2C1c2c3c4c5c(c2C5C4c2cccc4c2C(=O)c2ccccc2C4=O)C1c1ccc-3cc1. The van der Waals surface area contributed by atoms with Crippen LogP contribution in [0.1, 0.15) is 132 Å². The molecule has 48 heavy (non-hydrogen) atoms. The molecular formula is C44H22O4. The van der Waals surface area contributed by atoms with Gasteiger partial charge in [0.15, 0.2) is 23.1 Å². The average molecular weight is 615 g/mol. The van der Waals surface area contributed by atoms with Gasteiger partial charge in [0.2, 0.25) is 0 Å². The van der Waals surface area contributed by atoms with Gasteiger partial charge in [-0.25, -0.2) is 0 Å². The van der Waals surface area contributed by atoms with Crippen LogP contribution in [0.5, 0.6) is 0 Å². The first-order chi connectivity index (χ1) is 23.5. The van der Waals surface area contributed by atoms with Crippen molar-refractivity contribution in [3.8, 4) is 11.1 Å². The molecule has 0 aliphatic heterocycles. The van der Waals surface area contributed by atoms with Gasteiger partial charge in [-0.3, -0.25) is 19.2 Å². The molecule has 0 radical (unpaired) electrons. The van der Waals surface area contributed by atoms with E-state index in [4.69, 9.17) is 0 Å². The fourth-order valence-electron chi connectivity index (χ4n) is 10.4. The molecular weight excluding hydrogens is 592 g/mol. The molecule has 4 nitrogen and oxygen atoms in total. The maximum atomic E-state index is 14.2. The van der Waals surface area contributed by atoms with Gasteiger partial charge in [-0.05, 0) is 55.6 Å². The monoisotopic (exact) mass is 614 g/mol. The summed E-state index contributed by atoms with van der Waals surface area (Å²) in [5, 5.41) is 0. The number of carbonyl (C=O) groups is 4. The summed E-state index contributed by atoms with van der Waals surface area (Å²) < 4.78 is 0. The minimum Gasteiger partial charge on any atom is -0.289 e. The molecule has 0 saturated carbocycles. The molecule has 4 unspecified atom stereocenters. The van der Waals surface area contributed by atoms with Gasteiger partial charge in [0.25, 0.3) is 0 Å². The van der Waals surface area contributed by atoms with Gasteiger partial charge in [-0.2, -0.15) is 0 Å². The molecule has 9 aliphatic carbocycles. The first-order valence-electron chi connectivity index (χ1n) is 16.5. The van der Waals surface area contributed by atoms with Crippen LogP contribution in [0.15, 0.2) is 109 Å². The smallest absolute Gasteiger partial charge is 0.194 e. The summed E-state index contributed by atoms with van der Waals surface area (Å²) in [6.07, 6.45) is 0.